The first kappa shape index (κ1) is 19.1. The lowest BCUT2D eigenvalue weighted by Crippen LogP contribution is -2.59. The number of rotatable bonds is 5. The molecule has 0 aliphatic carbocycles. The zero-order valence-electron chi connectivity index (χ0n) is 15.0. The lowest BCUT2D eigenvalue weighted by molar-refractivity contribution is -0.0945. The topological polar surface area (TPSA) is 61.9 Å². The van der Waals surface area contributed by atoms with E-state index in [9.17, 15) is 8.42 Å². The number of nitrogens with zero attached hydrogens (tertiary/aromatic N) is 2. The quantitative estimate of drug-likeness (QED) is 0.820. The van der Waals surface area contributed by atoms with Crippen LogP contribution in [0.15, 0.2) is 0 Å². The molecule has 6 nitrogen and oxygen atoms in total. The van der Waals surface area contributed by atoms with Crippen LogP contribution in [-0.4, -0.2) is 68.1 Å². The summed E-state index contributed by atoms with van der Waals surface area (Å²) in [6.07, 6.45) is 4.54. The van der Waals surface area contributed by atoms with Crippen molar-refractivity contribution in [1.29, 1.82) is 0 Å². The summed E-state index contributed by atoms with van der Waals surface area (Å²) in [4.78, 5) is 2.33. The van der Waals surface area contributed by atoms with Gasteiger partial charge in [0.15, 0.2) is 0 Å². The van der Waals surface area contributed by atoms with Crippen LogP contribution in [0.5, 0.6) is 0 Å². The van der Waals surface area contributed by atoms with Crippen molar-refractivity contribution in [2.45, 2.75) is 71.1 Å². The molecular formula is C16H33N3O3S. The van der Waals surface area contributed by atoms with Crippen LogP contribution in [0.2, 0.25) is 0 Å². The second-order valence-corrected chi connectivity index (χ2v) is 9.37. The monoisotopic (exact) mass is 347 g/mol. The number of ether oxygens (including phenoxy) is 1. The van der Waals surface area contributed by atoms with E-state index in [1.165, 1.54) is 0 Å². The molecule has 0 aromatic heterocycles. The molecule has 2 aliphatic rings. The van der Waals surface area contributed by atoms with Crippen LogP contribution in [0.25, 0.3) is 0 Å². The van der Waals surface area contributed by atoms with E-state index in [0.29, 0.717) is 19.6 Å². The van der Waals surface area contributed by atoms with Gasteiger partial charge in [0, 0.05) is 38.3 Å². The van der Waals surface area contributed by atoms with Crippen molar-refractivity contribution < 1.29 is 13.2 Å². The summed E-state index contributed by atoms with van der Waals surface area (Å²) in [7, 11) is -3.38. The van der Waals surface area contributed by atoms with E-state index < -0.39 is 10.2 Å². The van der Waals surface area contributed by atoms with Crippen molar-refractivity contribution in [3.05, 3.63) is 0 Å². The van der Waals surface area contributed by atoms with Crippen LogP contribution in [-0.2, 0) is 14.9 Å². The van der Waals surface area contributed by atoms with Gasteiger partial charge in [-0.2, -0.15) is 12.7 Å². The number of morpholine rings is 1. The SMILES string of the molecule is C[C@@H]1CN(C(C)(C)CNS(=O)(=O)N2CCCCCC2)C[C@@H](C)O1. The van der Waals surface area contributed by atoms with Gasteiger partial charge >= 0.3 is 0 Å². The Bertz CT molecular complexity index is 463. The summed E-state index contributed by atoms with van der Waals surface area (Å²) >= 11 is 0. The lowest BCUT2D eigenvalue weighted by atomic mass is 10.0. The smallest absolute Gasteiger partial charge is 0.279 e. The molecule has 23 heavy (non-hydrogen) atoms. The minimum atomic E-state index is -3.38. The predicted molar refractivity (Wildman–Crippen MR) is 92.6 cm³/mol. The Morgan fingerprint density at radius 1 is 1.04 bits per heavy atom. The molecule has 2 fully saturated rings. The third-order valence-corrected chi connectivity index (χ3v) is 6.42. The summed E-state index contributed by atoms with van der Waals surface area (Å²) in [5.41, 5.74) is -0.231. The van der Waals surface area contributed by atoms with E-state index in [1.54, 1.807) is 4.31 Å². The highest BCUT2D eigenvalue weighted by Gasteiger charge is 2.34. The number of nitrogens with one attached hydrogen (secondary N) is 1. The summed E-state index contributed by atoms with van der Waals surface area (Å²) in [5, 5.41) is 0. The fourth-order valence-corrected chi connectivity index (χ4v) is 4.88. The summed E-state index contributed by atoms with van der Waals surface area (Å²) in [6.45, 7) is 11.7. The molecule has 0 saturated carbocycles. The van der Waals surface area contributed by atoms with Gasteiger partial charge in [0.05, 0.1) is 12.2 Å². The molecule has 0 aromatic rings. The van der Waals surface area contributed by atoms with E-state index in [2.05, 4.69) is 37.3 Å². The largest absolute Gasteiger partial charge is 0.373 e. The Balaban J connectivity index is 1.94. The van der Waals surface area contributed by atoms with Gasteiger partial charge in [-0.1, -0.05) is 12.8 Å². The number of hydrogen-bond donors (Lipinski definition) is 1. The lowest BCUT2D eigenvalue weighted by Gasteiger charge is -2.45. The molecule has 2 saturated heterocycles. The normalized spacial score (nSPS) is 29.4. The maximum atomic E-state index is 12.6. The summed E-state index contributed by atoms with van der Waals surface area (Å²) in [5.74, 6) is 0. The molecule has 7 heteroatoms. The van der Waals surface area contributed by atoms with Gasteiger partial charge in [-0.05, 0) is 40.5 Å². The Labute approximate surface area is 141 Å². The molecule has 0 aromatic carbocycles. The number of hydrogen-bond acceptors (Lipinski definition) is 4. The van der Waals surface area contributed by atoms with Gasteiger partial charge in [-0.25, -0.2) is 4.72 Å². The minimum absolute atomic E-state index is 0.181. The van der Waals surface area contributed by atoms with E-state index in [4.69, 9.17) is 4.74 Å². The van der Waals surface area contributed by atoms with Gasteiger partial charge in [-0.15, -0.1) is 0 Å². The average molecular weight is 348 g/mol. The van der Waals surface area contributed by atoms with Crippen molar-refractivity contribution in [1.82, 2.24) is 13.9 Å². The molecule has 136 valence electrons. The van der Waals surface area contributed by atoms with Crippen molar-refractivity contribution in [3.8, 4) is 0 Å². The van der Waals surface area contributed by atoms with Gasteiger partial charge in [0.1, 0.15) is 0 Å². The standard InChI is InChI=1S/C16H33N3O3S/c1-14-11-18(12-15(2)22-14)16(3,4)13-17-23(20,21)19-9-7-5-6-8-10-19/h14-15,17H,5-13H2,1-4H3/t14-,15-/m1/s1. The van der Waals surface area contributed by atoms with Crippen LogP contribution in [0.4, 0.5) is 0 Å². The third-order valence-electron chi connectivity index (χ3n) is 4.87. The second-order valence-electron chi connectivity index (χ2n) is 7.61. The van der Waals surface area contributed by atoms with Crippen LogP contribution >= 0.6 is 0 Å². The highest BCUT2D eigenvalue weighted by Crippen LogP contribution is 2.21. The second kappa shape index (κ2) is 7.78. The van der Waals surface area contributed by atoms with Crippen LogP contribution < -0.4 is 4.72 Å². The zero-order valence-corrected chi connectivity index (χ0v) is 15.9. The fourth-order valence-electron chi connectivity index (χ4n) is 3.43. The maximum absolute atomic E-state index is 12.6. The fraction of sp³-hybridized carbons (Fsp3) is 1.00. The average Bonchev–Trinajstić information content (AvgIpc) is 2.74. The van der Waals surface area contributed by atoms with E-state index >= 15 is 0 Å². The molecule has 0 radical (unpaired) electrons. The Morgan fingerprint density at radius 3 is 2.09 bits per heavy atom. The molecule has 0 amide bonds. The Hall–Kier alpha value is -0.210. The maximum Gasteiger partial charge on any atom is 0.279 e. The predicted octanol–water partition coefficient (Wildman–Crippen LogP) is 1.58. The first-order valence-corrected chi connectivity index (χ1v) is 10.3. The minimum Gasteiger partial charge on any atom is -0.373 e. The molecule has 0 bridgehead atoms. The van der Waals surface area contributed by atoms with E-state index in [1.807, 2.05) is 0 Å². The van der Waals surface area contributed by atoms with E-state index in [0.717, 1.165) is 38.8 Å². The van der Waals surface area contributed by atoms with E-state index in [-0.39, 0.29) is 17.7 Å². The first-order chi connectivity index (χ1) is 10.7. The van der Waals surface area contributed by atoms with Gasteiger partial charge in [-0.3, -0.25) is 4.90 Å². The molecule has 0 spiro atoms. The molecule has 1 N–H and O–H groups in total. The summed E-state index contributed by atoms with van der Waals surface area (Å²) in [6, 6.07) is 0. The molecule has 2 heterocycles. The molecular weight excluding hydrogens is 314 g/mol. The molecule has 2 aliphatic heterocycles. The third kappa shape index (κ3) is 5.39. The van der Waals surface area contributed by atoms with Crippen molar-refractivity contribution in [2.24, 2.45) is 0 Å². The zero-order chi connectivity index (χ0) is 17.1. The van der Waals surface area contributed by atoms with Crippen LogP contribution in [0, 0.1) is 0 Å². The molecule has 0 unspecified atom stereocenters. The van der Waals surface area contributed by atoms with Crippen molar-refractivity contribution in [3.63, 3.8) is 0 Å². The highest BCUT2D eigenvalue weighted by molar-refractivity contribution is 7.87. The Morgan fingerprint density at radius 2 is 1.57 bits per heavy atom. The molecule has 2 rings (SSSR count). The van der Waals surface area contributed by atoms with Crippen LogP contribution in [0.3, 0.4) is 0 Å². The van der Waals surface area contributed by atoms with Crippen molar-refractivity contribution >= 4 is 10.2 Å². The van der Waals surface area contributed by atoms with Gasteiger partial charge in [0.25, 0.3) is 10.2 Å². The Kier molecular flexibility index (Phi) is 6.47. The van der Waals surface area contributed by atoms with Gasteiger partial charge < -0.3 is 4.74 Å². The van der Waals surface area contributed by atoms with Crippen molar-refractivity contribution in [2.75, 3.05) is 32.7 Å². The van der Waals surface area contributed by atoms with Gasteiger partial charge in [0.2, 0.25) is 0 Å². The summed E-state index contributed by atoms with van der Waals surface area (Å²) < 4.78 is 35.4. The van der Waals surface area contributed by atoms with Crippen LogP contribution in [0.1, 0.15) is 53.4 Å². The molecule has 2 atom stereocenters. The highest BCUT2D eigenvalue weighted by atomic mass is 32.2. The first-order valence-electron chi connectivity index (χ1n) is 8.86.